The molecule has 5 N–H and O–H groups in total. The molecular weight excluding hydrogens is 145 g/mol. The van der Waals surface area contributed by atoms with Gasteiger partial charge in [-0.3, -0.25) is 0 Å². The van der Waals surface area contributed by atoms with Gasteiger partial charge >= 0.3 is 0 Å². The largest absolute Gasteiger partial charge is 0.870 e. The van der Waals surface area contributed by atoms with Crippen molar-refractivity contribution in [2.24, 2.45) is 0 Å². The van der Waals surface area contributed by atoms with Crippen molar-refractivity contribution in [2.75, 3.05) is 0 Å². The average molecular weight is 153 g/mol. The molecule has 0 unspecified atom stereocenters. The quantitative estimate of drug-likeness (QED) is 0.448. The van der Waals surface area contributed by atoms with Gasteiger partial charge in [0.1, 0.15) is 0 Å². The van der Waals surface area contributed by atoms with Crippen LogP contribution in [0.15, 0.2) is 0 Å². The van der Waals surface area contributed by atoms with Gasteiger partial charge in [0.15, 0.2) is 0 Å². The molecule has 50 valence electrons. The maximum atomic E-state index is 8.89. The number of aliphatic carboxylic acids is 1. The molecule has 0 aliphatic heterocycles. The van der Waals surface area contributed by atoms with Crippen LogP contribution in [0.4, 0.5) is 0 Å². The molecule has 0 rings (SSSR count). The first kappa shape index (κ1) is 28.7. The monoisotopic (exact) mass is 152 g/mol. The van der Waals surface area contributed by atoms with Crippen molar-refractivity contribution in [1.82, 2.24) is 6.15 Å². The van der Waals surface area contributed by atoms with E-state index in [9.17, 15) is 0 Å². The van der Waals surface area contributed by atoms with Crippen molar-refractivity contribution < 1.29 is 31.9 Å². The van der Waals surface area contributed by atoms with Crippen LogP contribution < -0.4 is 11.3 Å². The van der Waals surface area contributed by atoms with Crippen LogP contribution in [0.3, 0.4) is 0 Å². The Morgan fingerprint density at radius 3 is 1.57 bits per heavy atom. The third-order valence-electron chi connectivity index (χ3n) is 0. The molecule has 5 heteroatoms. The number of carboxylic acids is 1. The molecule has 4 nitrogen and oxygen atoms in total. The van der Waals surface area contributed by atoms with Crippen LogP contribution in [-0.4, -0.2) is 11.4 Å². The van der Waals surface area contributed by atoms with Gasteiger partial charge in [0.05, 0.1) is 0 Å². The Kier molecular flexibility index (Phi) is 69.1. The first-order valence-corrected chi connectivity index (χ1v) is 0.908. The number of carboxylic acid groups (broad SMARTS) is 1. The SMILES string of the molecule is CC(=O)[O-].[NH4+].[Ni].[OH-]. The fourth-order valence-corrected chi connectivity index (χ4v) is 0. The fourth-order valence-electron chi connectivity index (χ4n) is 0. The van der Waals surface area contributed by atoms with E-state index >= 15 is 0 Å². The van der Waals surface area contributed by atoms with Crippen LogP contribution >= 0.6 is 0 Å². The maximum Gasteiger partial charge on any atom is 0.0383 e. The predicted molar refractivity (Wildman–Crippen MR) is 18.6 cm³/mol. The summed E-state index contributed by atoms with van der Waals surface area (Å²) in [7, 11) is 0. The van der Waals surface area contributed by atoms with Gasteiger partial charge < -0.3 is 21.5 Å². The second kappa shape index (κ2) is 16.9. The number of hydrogen-bond acceptors (Lipinski definition) is 3. The minimum atomic E-state index is -1.08. The maximum absolute atomic E-state index is 8.89. The Balaban J connectivity index is -0.0000000150. The van der Waals surface area contributed by atoms with E-state index in [4.69, 9.17) is 9.90 Å². The van der Waals surface area contributed by atoms with E-state index in [2.05, 4.69) is 0 Å². The molecule has 0 spiro atoms. The van der Waals surface area contributed by atoms with Crippen LogP contribution in [0.2, 0.25) is 0 Å². The van der Waals surface area contributed by atoms with Crippen molar-refractivity contribution >= 4 is 5.97 Å². The summed E-state index contributed by atoms with van der Waals surface area (Å²) in [4.78, 5) is 8.89. The third-order valence-corrected chi connectivity index (χ3v) is 0. The van der Waals surface area contributed by atoms with E-state index in [1.54, 1.807) is 0 Å². The van der Waals surface area contributed by atoms with Crippen molar-refractivity contribution in [3.05, 3.63) is 0 Å². The number of carbonyl (C=O) groups is 1. The number of quaternary nitrogens is 1. The molecule has 7 heavy (non-hydrogen) atoms. The summed E-state index contributed by atoms with van der Waals surface area (Å²) < 4.78 is 0. The summed E-state index contributed by atoms with van der Waals surface area (Å²) in [5.74, 6) is -1.08. The van der Waals surface area contributed by atoms with Gasteiger partial charge in [0.2, 0.25) is 0 Å². The Bertz CT molecular complexity index is 35.9. The van der Waals surface area contributed by atoms with Crippen LogP contribution in [-0.2, 0) is 21.3 Å². The van der Waals surface area contributed by atoms with Crippen molar-refractivity contribution in [1.29, 1.82) is 0 Å². The van der Waals surface area contributed by atoms with Gasteiger partial charge in [-0.15, -0.1) is 0 Å². The van der Waals surface area contributed by atoms with Crippen molar-refractivity contribution in [3.63, 3.8) is 0 Å². The molecule has 0 radical (unpaired) electrons. The normalized spacial score (nSPS) is 3.57. The summed E-state index contributed by atoms with van der Waals surface area (Å²) >= 11 is 0. The first-order valence-electron chi connectivity index (χ1n) is 0.908. The summed E-state index contributed by atoms with van der Waals surface area (Å²) in [6.45, 7) is 0.972. The molecule has 0 aliphatic rings. The van der Waals surface area contributed by atoms with E-state index < -0.39 is 5.97 Å². The van der Waals surface area contributed by atoms with Crippen LogP contribution in [0, 0.1) is 0 Å². The van der Waals surface area contributed by atoms with Gasteiger partial charge in [-0.05, 0) is 6.92 Å². The molecule has 0 saturated carbocycles. The van der Waals surface area contributed by atoms with Crippen LogP contribution in [0.25, 0.3) is 0 Å². The topological polar surface area (TPSA) is 107 Å². The smallest absolute Gasteiger partial charge is 0.0383 e. The van der Waals surface area contributed by atoms with E-state index in [-0.39, 0.29) is 28.1 Å². The van der Waals surface area contributed by atoms with Gasteiger partial charge in [-0.25, -0.2) is 0 Å². The molecule has 0 heterocycles. The van der Waals surface area contributed by atoms with Gasteiger partial charge in [-0.1, -0.05) is 0 Å². The standard InChI is InChI=1S/C2H4O2.H3N.Ni.H2O/c1-2(3)4;;;/h1H3,(H,3,4);1H3;;1H2/p-1. The number of hydrogen-bond donors (Lipinski definition) is 1. The zero-order valence-corrected chi connectivity index (χ0v) is 5.07. The second-order valence-corrected chi connectivity index (χ2v) is 0.492. The molecule has 0 amide bonds. The Hall–Kier alpha value is -0.116. The number of rotatable bonds is 0. The molecule has 0 aromatic rings. The average Bonchev–Trinajstić information content (AvgIpc) is 0.811. The molecule has 0 aromatic carbocycles. The third kappa shape index (κ3) is 6540. The molecule has 0 aromatic heterocycles. The first-order chi connectivity index (χ1) is 1.73. The Morgan fingerprint density at radius 2 is 1.57 bits per heavy atom. The van der Waals surface area contributed by atoms with Crippen molar-refractivity contribution in [2.45, 2.75) is 6.92 Å². The molecule has 0 aliphatic carbocycles. The summed E-state index contributed by atoms with van der Waals surface area (Å²) in [6.07, 6.45) is 0. The molecule has 0 saturated heterocycles. The minimum Gasteiger partial charge on any atom is -0.870 e. The summed E-state index contributed by atoms with van der Waals surface area (Å²) in [6, 6.07) is 0. The summed E-state index contributed by atoms with van der Waals surface area (Å²) in [5, 5.41) is 8.89. The predicted octanol–water partition coefficient (Wildman–Crippen LogP) is -1.05. The Labute approximate surface area is 51.7 Å². The van der Waals surface area contributed by atoms with Gasteiger partial charge in [-0.2, -0.15) is 0 Å². The zero-order valence-electron chi connectivity index (χ0n) is 4.08. The fraction of sp³-hybridized carbons (Fsp3) is 0.500. The van der Waals surface area contributed by atoms with Gasteiger partial charge in [0.25, 0.3) is 0 Å². The van der Waals surface area contributed by atoms with E-state index in [0.29, 0.717) is 0 Å². The molecule has 0 bridgehead atoms. The minimum absolute atomic E-state index is 0. The molecule has 0 fully saturated rings. The van der Waals surface area contributed by atoms with E-state index in [0.717, 1.165) is 6.92 Å². The van der Waals surface area contributed by atoms with Crippen LogP contribution in [0.5, 0.6) is 0 Å². The Morgan fingerprint density at radius 1 is 1.57 bits per heavy atom. The van der Waals surface area contributed by atoms with Crippen molar-refractivity contribution in [3.8, 4) is 0 Å². The number of carbonyl (C=O) groups excluding carboxylic acids is 1. The van der Waals surface area contributed by atoms with E-state index in [1.807, 2.05) is 0 Å². The van der Waals surface area contributed by atoms with Crippen LogP contribution in [0.1, 0.15) is 6.92 Å². The van der Waals surface area contributed by atoms with E-state index in [1.165, 1.54) is 0 Å². The second-order valence-electron chi connectivity index (χ2n) is 0.492. The molecular formula is C2H8NNiO3-. The zero-order chi connectivity index (χ0) is 3.58. The summed E-state index contributed by atoms with van der Waals surface area (Å²) in [5.41, 5.74) is 0. The van der Waals surface area contributed by atoms with Gasteiger partial charge in [0, 0.05) is 22.5 Å². The molecule has 0 atom stereocenters.